The van der Waals surface area contributed by atoms with Crippen molar-refractivity contribution in [3.63, 3.8) is 0 Å². The highest BCUT2D eigenvalue weighted by Crippen LogP contribution is 2.27. The summed E-state index contributed by atoms with van der Waals surface area (Å²) >= 11 is 0. The van der Waals surface area contributed by atoms with Crippen LogP contribution in [0.1, 0.15) is 18.1 Å². The molecule has 156 valence electrons. The third-order valence-electron chi connectivity index (χ3n) is 4.55. The van der Waals surface area contributed by atoms with Gasteiger partial charge in [-0.3, -0.25) is 4.79 Å². The molecular formula is C22H29N3O4. The first-order chi connectivity index (χ1) is 13.8. The van der Waals surface area contributed by atoms with Crippen LogP contribution in [0.2, 0.25) is 0 Å². The summed E-state index contributed by atoms with van der Waals surface area (Å²) in [5.41, 5.74) is 2.76. The molecule has 1 unspecified atom stereocenters. The van der Waals surface area contributed by atoms with Crippen molar-refractivity contribution in [1.82, 2.24) is 10.2 Å². The number of methoxy groups -OCH3 is 2. The summed E-state index contributed by atoms with van der Waals surface area (Å²) < 4.78 is 10.5. The average molecular weight is 399 g/mol. The van der Waals surface area contributed by atoms with Crippen molar-refractivity contribution in [2.45, 2.75) is 26.3 Å². The monoisotopic (exact) mass is 399 g/mol. The second-order valence-electron chi connectivity index (χ2n) is 6.89. The van der Waals surface area contributed by atoms with E-state index in [0.29, 0.717) is 30.2 Å². The Balaban J connectivity index is 1.86. The molecule has 2 rings (SSSR count). The minimum absolute atomic E-state index is 0.162. The minimum atomic E-state index is -0.643. The number of hydrogen-bond donors (Lipinski definition) is 2. The van der Waals surface area contributed by atoms with Crippen LogP contribution in [0.4, 0.5) is 10.5 Å². The van der Waals surface area contributed by atoms with Gasteiger partial charge in [-0.2, -0.15) is 0 Å². The number of anilines is 1. The van der Waals surface area contributed by atoms with Crippen molar-refractivity contribution in [3.05, 3.63) is 53.6 Å². The lowest BCUT2D eigenvalue weighted by Crippen LogP contribution is -2.47. The van der Waals surface area contributed by atoms with Crippen molar-refractivity contribution in [3.8, 4) is 11.5 Å². The Bertz CT molecular complexity index is 854. The summed E-state index contributed by atoms with van der Waals surface area (Å²) in [7, 11) is 4.90. The smallest absolute Gasteiger partial charge is 0.319 e. The van der Waals surface area contributed by atoms with Gasteiger partial charge < -0.3 is 25.0 Å². The Kier molecular flexibility index (Phi) is 7.88. The summed E-state index contributed by atoms with van der Waals surface area (Å²) in [4.78, 5) is 26.3. The second kappa shape index (κ2) is 10.4. The molecule has 2 aromatic rings. The molecule has 0 heterocycles. The predicted molar refractivity (Wildman–Crippen MR) is 114 cm³/mol. The molecule has 0 aliphatic carbocycles. The van der Waals surface area contributed by atoms with Crippen molar-refractivity contribution in [1.29, 1.82) is 0 Å². The van der Waals surface area contributed by atoms with Gasteiger partial charge in [0.2, 0.25) is 5.91 Å². The second-order valence-corrected chi connectivity index (χ2v) is 6.89. The van der Waals surface area contributed by atoms with Gasteiger partial charge in [-0.05, 0) is 55.7 Å². The average Bonchev–Trinajstić information content (AvgIpc) is 2.70. The number of amides is 3. The number of nitrogens with one attached hydrogen (secondary N) is 2. The maximum atomic E-state index is 12.6. The van der Waals surface area contributed by atoms with Gasteiger partial charge in [0, 0.05) is 19.3 Å². The van der Waals surface area contributed by atoms with Crippen LogP contribution < -0.4 is 20.1 Å². The zero-order chi connectivity index (χ0) is 21.4. The number of nitrogens with zero attached hydrogens (tertiary/aromatic N) is 1. The summed E-state index contributed by atoms with van der Waals surface area (Å²) in [6.07, 6.45) is 0.658. The Morgan fingerprint density at radius 1 is 1.07 bits per heavy atom. The normalized spacial score (nSPS) is 11.3. The molecule has 0 saturated carbocycles. The highest BCUT2D eigenvalue weighted by Gasteiger charge is 2.19. The number of aryl methyl sites for hydroxylation is 1. The van der Waals surface area contributed by atoms with Gasteiger partial charge in [0.05, 0.1) is 14.2 Å². The highest BCUT2D eigenvalue weighted by atomic mass is 16.5. The zero-order valence-corrected chi connectivity index (χ0v) is 17.6. The summed E-state index contributed by atoms with van der Waals surface area (Å²) in [5, 5.41) is 5.42. The van der Waals surface area contributed by atoms with Gasteiger partial charge in [-0.25, -0.2) is 4.79 Å². The molecule has 0 fully saturated rings. The lowest BCUT2D eigenvalue weighted by atomic mass is 10.1. The van der Waals surface area contributed by atoms with Crippen LogP contribution in [0.3, 0.4) is 0 Å². The van der Waals surface area contributed by atoms with Crippen molar-refractivity contribution in [2.24, 2.45) is 0 Å². The van der Waals surface area contributed by atoms with Crippen molar-refractivity contribution < 1.29 is 19.1 Å². The number of urea groups is 1. The van der Waals surface area contributed by atoms with E-state index >= 15 is 0 Å². The number of ether oxygens (including phenoxy) is 2. The standard InChI is InChI=1S/C22H29N3O4/c1-15-7-6-8-18(13-15)24-22(27)23-16(2)21(26)25(3)12-11-17-9-10-19(28-4)20(14-17)29-5/h6-10,13-14,16H,11-12H2,1-5H3,(H2,23,24,27). The number of carbonyl (C=O) groups excluding carboxylic acids is 2. The maximum absolute atomic E-state index is 12.6. The molecule has 0 spiro atoms. The predicted octanol–water partition coefficient (Wildman–Crippen LogP) is 3.22. The van der Waals surface area contributed by atoms with E-state index in [1.807, 2.05) is 43.3 Å². The van der Waals surface area contributed by atoms with E-state index in [0.717, 1.165) is 11.1 Å². The molecule has 3 amide bonds. The molecule has 0 aromatic heterocycles. The van der Waals surface area contributed by atoms with E-state index in [2.05, 4.69) is 10.6 Å². The van der Waals surface area contributed by atoms with Crippen molar-refractivity contribution in [2.75, 3.05) is 33.1 Å². The quantitative estimate of drug-likeness (QED) is 0.714. The van der Waals surface area contributed by atoms with Gasteiger partial charge in [0.25, 0.3) is 0 Å². The number of hydrogen-bond acceptors (Lipinski definition) is 4. The lowest BCUT2D eigenvalue weighted by Gasteiger charge is -2.22. The van der Waals surface area contributed by atoms with Crippen LogP contribution in [0.25, 0.3) is 0 Å². The van der Waals surface area contributed by atoms with E-state index in [9.17, 15) is 9.59 Å². The zero-order valence-electron chi connectivity index (χ0n) is 17.6. The fourth-order valence-electron chi connectivity index (χ4n) is 2.92. The molecule has 2 N–H and O–H groups in total. The van der Waals surface area contributed by atoms with Crippen LogP contribution in [-0.2, 0) is 11.2 Å². The van der Waals surface area contributed by atoms with Gasteiger partial charge >= 0.3 is 6.03 Å². The van der Waals surface area contributed by atoms with E-state index in [-0.39, 0.29) is 5.91 Å². The Labute approximate surface area is 172 Å². The van der Waals surface area contributed by atoms with Gasteiger partial charge in [-0.1, -0.05) is 18.2 Å². The first-order valence-corrected chi connectivity index (χ1v) is 9.44. The molecule has 0 saturated heterocycles. The SMILES string of the molecule is COc1ccc(CCN(C)C(=O)C(C)NC(=O)Nc2cccc(C)c2)cc1OC. The topological polar surface area (TPSA) is 79.9 Å². The molecule has 7 heteroatoms. The van der Waals surface area contributed by atoms with E-state index < -0.39 is 12.1 Å². The largest absolute Gasteiger partial charge is 0.493 e. The van der Waals surface area contributed by atoms with E-state index in [1.165, 1.54) is 0 Å². The molecule has 1 atom stereocenters. The molecule has 7 nitrogen and oxygen atoms in total. The maximum Gasteiger partial charge on any atom is 0.319 e. The Morgan fingerprint density at radius 3 is 2.45 bits per heavy atom. The van der Waals surface area contributed by atoms with E-state index in [1.54, 1.807) is 39.2 Å². The first kappa shape index (κ1) is 22.1. The fourth-order valence-corrected chi connectivity index (χ4v) is 2.92. The van der Waals surface area contributed by atoms with Gasteiger partial charge in [0.1, 0.15) is 6.04 Å². The number of likely N-dealkylation sites (N-methyl/N-ethyl adjacent to an activating group) is 1. The molecule has 0 aliphatic rings. The third-order valence-corrected chi connectivity index (χ3v) is 4.55. The third kappa shape index (κ3) is 6.41. The van der Waals surface area contributed by atoms with Crippen LogP contribution >= 0.6 is 0 Å². The fraction of sp³-hybridized carbons (Fsp3) is 0.364. The summed E-state index contributed by atoms with van der Waals surface area (Å²) in [6.45, 7) is 4.13. The Hall–Kier alpha value is -3.22. The van der Waals surface area contributed by atoms with Crippen LogP contribution in [0.15, 0.2) is 42.5 Å². The van der Waals surface area contributed by atoms with Crippen LogP contribution in [-0.4, -0.2) is 50.7 Å². The molecule has 2 aromatic carbocycles. The van der Waals surface area contributed by atoms with Crippen molar-refractivity contribution >= 4 is 17.6 Å². The number of benzene rings is 2. The highest BCUT2D eigenvalue weighted by molar-refractivity contribution is 5.93. The molecular weight excluding hydrogens is 370 g/mol. The number of carbonyl (C=O) groups is 2. The summed E-state index contributed by atoms with van der Waals surface area (Å²) in [6, 6.07) is 12.1. The Morgan fingerprint density at radius 2 is 1.79 bits per heavy atom. The lowest BCUT2D eigenvalue weighted by molar-refractivity contribution is -0.131. The van der Waals surface area contributed by atoms with E-state index in [4.69, 9.17) is 9.47 Å². The number of rotatable bonds is 8. The molecule has 0 aliphatic heterocycles. The van der Waals surface area contributed by atoms with Gasteiger partial charge in [-0.15, -0.1) is 0 Å². The molecule has 0 bridgehead atoms. The van der Waals surface area contributed by atoms with Crippen LogP contribution in [0, 0.1) is 6.92 Å². The first-order valence-electron chi connectivity index (χ1n) is 9.44. The van der Waals surface area contributed by atoms with Gasteiger partial charge in [0.15, 0.2) is 11.5 Å². The molecule has 0 radical (unpaired) electrons. The van der Waals surface area contributed by atoms with Crippen LogP contribution in [0.5, 0.6) is 11.5 Å². The molecule has 29 heavy (non-hydrogen) atoms. The minimum Gasteiger partial charge on any atom is -0.493 e. The summed E-state index contributed by atoms with van der Waals surface area (Å²) in [5.74, 6) is 1.16.